The lowest BCUT2D eigenvalue weighted by Gasteiger charge is -2.27. The maximum Gasteiger partial charge on any atom is 0.343 e. The van der Waals surface area contributed by atoms with Crippen LogP contribution in [0.1, 0.15) is 43.0 Å². The van der Waals surface area contributed by atoms with Gasteiger partial charge in [-0.2, -0.15) is 0 Å². The Labute approximate surface area is 370 Å². The molecule has 0 aliphatic carbocycles. The number of aromatic hydroxyl groups is 1. The van der Waals surface area contributed by atoms with E-state index in [0.29, 0.717) is 32.3 Å². The molecule has 62 heavy (non-hydrogen) atoms. The number of Topliss-reactive ketones (excluding diaryl/α,β-unsaturated/α-hetero) is 1. The van der Waals surface area contributed by atoms with Crippen molar-refractivity contribution in [1.82, 2.24) is 21.3 Å². The molecule has 0 aromatic heterocycles. The first-order valence-electron chi connectivity index (χ1n) is 19.6. The number of carbonyl (C=O) groups excluding carboxylic acids is 6. The van der Waals surface area contributed by atoms with E-state index >= 15 is 0 Å². The van der Waals surface area contributed by atoms with Crippen LogP contribution in [0.15, 0.2) is 103 Å². The Morgan fingerprint density at radius 1 is 0.661 bits per heavy atom. The third-order valence-electron chi connectivity index (χ3n) is 8.92. The third kappa shape index (κ3) is 16.6. The Hall–Kier alpha value is -5.84. The van der Waals surface area contributed by atoms with Crippen molar-refractivity contribution in [3.8, 4) is 5.75 Å². The number of halogens is 2. The summed E-state index contributed by atoms with van der Waals surface area (Å²) in [7, 11) is 0. The van der Waals surface area contributed by atoms with Gasteiger partial charge >= 0.3 is 5.97 Å². The molecule has 0 aliphatic heterocycles. The van der Waals surface area contributed by atoms with Crippen molar-refractivity contribution >= 4 is 58.6 Å². The lowest BCUT2D eigenvalue weighted by atomic mass is 10.0. The van der Waals surface area contributed by atoms with Crippen LogP contribution in [0.2, 0.25) is 10.0 Å². The molecular weight excluding hydrogens is 841 g/mol. The Morgan fingerprint density at radius 2 is 1.24 bits per heavy atom. The highest BCUT2D eigenvalue weighted by atomic mass is 35.5. The van der Waals surface area contributed by atoms with E-state index in [0.717, 1.165) is 0 Å². The van der Waals surface area contributed by atoms with Gasteiger partial charge in [-0.1, -0.05) is 102 Å². The topological polar surface area (TPSA) is 224 Å². The smallest absolute Gasteiger partial charge is 0.343 e. The summed E-state index contributed by atoms with van der Waals surface area (Å²) in [5.74, 6) is -4.74. The molecule has 330 valence electrons. The zero-order chi connectivity index (χ0) is 45.2. The monoisotopic (exact) mass is 891 g/mol. The van der Waals surface area contributed by atoms with Gasteiger partial charge in [0.25, 0.3) is 0 Å². The molecule has 4 rings (SSSR count). The molecule has 0 radical (unpaired) electrons. The number of benzene rings is 4. The number of carbonyl (C=O) groups is 6. The van der Waals surface area contributed by atoms with Crippen molar-refractivity contribution in [3.05, 3.63) is 135 Å². The quantitative estimate of drug-likeness (QED) is 0.0493. The molecule has 2 unspecified atom stereocenters. The molecule has 4 aromatic rings. The Bertz CT molecular complexity index is 2120. The first kappa shape index (κ1) is 48.8. The standard InChI is InChI=1S/C45H51Cl2N5O10/c1-45(2,3)62-44(59)41(61-25-30-13-8-5-9-14-30)40(56)37(27-60-26-32-33(46)15-10-16-34(32)47)52-43(58)36(22-28-11-6-4-7-12-28)51-39(55)24-49-38(54)23-50-42(57)35(48)21-29-17-19-31(53)20-18-29/h4-20,35-37,41,53H,21-27,48H2,1-3H3,(H,49,54)(H,50,57)(H,51,55)(H,52,58)/t35-,36-,37?,41?/m0/s1. The number of esters is 1. The summed E-state index contributed by atoms with van der Waals surface area (Å²) in [6.45, 7) is 3.02. The lowest BCUT2D eigenvalue weighted by molar-refractivity contribution is -0.173. The van der Waals surface area contributed by atoms with Gasteiger partial charge in [-0.25, -0.2) is 4.79 Å². The SMILES string of the molecule is CC(C)(C)OC(=O)C(OCc1ccccc1)C(=O)C(COCc1c(Cl)cccc1Cl)NC(=O)[C@H](Cc1ccccc1)NC(=O)CNC(=O)CNC(=O)[C@@H](N)Cc1ccc(O)cc1. The predicted molar refractivity (Wildman–Crippen MR) is 232 cm³/mol. The maximum absolute atomic E-state index is 14.4. The second kappa shape index (κ2) is 24.0. The van der Waals surface area contributed by atoms with Crippen LogP contribution in [0.4, 0.5) is 0 Å². The molecule has 0 bridgehead atoms. The number of ketones is 1. The van der Waals surface area contributed by atoms with Gasteiger partial charge in [0, 0.05) is 22.0 Å². The van der Waals surface area contributed by atoms with Gasteiger partial charge in [-0.15, -0.1) is 0 Å². The molecular formula is C45H51Cl2N5O10. The predicted octanol–water partition coefficient (Wildman–Crippen LogP) is 3.73. The van der Waals surface area contributed by atoms with E-state index in [1.165, 1.54) is 12.1 Å². The Kier molecular flexibility index (Phi) is 18.9. The number of phenolic OH excluding ortho intramolecular Hbond substituents is 1. The number of nitrogens with two attached hydrogens (primary N) is 1. The van der Waals surface area contributed by atoms with Gasteiger partial charge in [-0.3, -0.25) is 24.0 Å². The van der Waals surface area contributed by atoms with E-state index in [1.54, 1.807) is 112 Å². The van der Waals surface area contributed by atoms with Gasteiger partial charge < -0.3 is 46.3 Å². The summed E-state index contributed by atoms with van der Waals surface area (Å²) in [6.07, 6.45) is -1.71. The summed E-state index contributed by atoms with van der Waals surface area (Å²) < 4.78 is 17.4. The van der Waals surface area contributed by atoms with E-state index in [4.69, 9.17) is 43.1 Å². The van der Waals surface area contributed by atoms with Crippen molar-refractivity contribution in [2.45, 2.75) is 76.7 Å². The summed E-state index contributed by atoms with van der Waals surface area (Å²) in [6, 6.07) is 24.8. The zero-order valence-electron chi connectivity index (χ0n) is 34.5. The summed E-state index contributed by atoms with van der Waals surface area (Å²) in [4.78, 5) is 80.5. The molecule has 4 amide bonds. The van der Waals surface area contributed by atoms with Crippen molar-refractivity contribution in [2.24, 2.45) is 5.73 Å². The Morgan fingerprint density at radius 3 is 1.85 bits per heavy atom. The van der Waals surface area contributed by atoms with Crippen LogP contribution in [0, 0.1) is 0 Å². The van der Waals surface area contributed by atoms with Crippen LogP contribution in [0.5, 0.6) is 5.75 Å². The molecule has 0 fully saturated rings. The van der Waals surface area contributed by atoms with E-state index in [-0.39, 0.29) is 31.8 Å². The molecule has 7 N–H and O–H groups in total. The number of ether oxygens (including phenoxy) is 3. The van der Waals surface area contributed by atoms with E-state index in [1.807, 2.05) is 0 Å². The second-order valence-corrected chi connectivity index (χ2v) is 16.0. The van der Waals surface area contributed by atoms with Crippen LogP contribution < -0.4 is 27.0 Å². The Balaban J connectivity index is 1.49. The highest BCUT2D eigenvalue weighted by Gasteiger charge is 2.38. The number of amides is 4. The minimum absolute atomic E-state index is 0.0433. The van der Waals surface area contributed by atoms with Crippen LogP contribution in [-0.2, 0) is 69.0 Å². The number of rotatable bonds is 22. The van der Waals surface area contributed by atoms with Crippen molar-refractivity contribution in [2.75, 3.05) is 19.7 Å². The summed E-state index contributed by atoms with van der Waals surface area (Å²) in [5, 5.41) is 20.1. The molecule has 0 spiro atoms. The third-order valence-corrected chi connectivity index (χ3v) is 9.63. The van der Waals surface area contributed by atoms with E-state index < -0.39 is 84.9 Å². The van der Waals surface area contributed by atoms with Gasteiger partial charge in [0.15, 0.2) is 5.78 Å². The highest BCUT2D eigenvalue weighted by molar-refractivity contribution is 6.35. The zero-order valence-corrected chi connectivity index (χ0v) is 36.0. The van der Waals surface area contributed by atoms with Crippen molar-refractivity contribution in [3.63, 3.8) is 0 Å². The van der Waals surface area contributed by atoms with Gasteiger partial charge in [0.2, 0.25) is 29.7 Å². The molecule has 0 heterocycles. The summed E-state index contributed by atoms with van der Waals surface area (Å²) >= 11 is 12.7. The largest absolute Gasteiger partial charge is 0.508 e. The normalized spacial score (nSPS) is 13.1. The van der Waals surface area contributed by atoms with Crippen LogP contribution in [-0.4, -0.2) is 90.0 Å². The summed E-state index contributed by atoms with van der Waals surface area (Å²) in [5.41, 5.74) is 7.40. The van der Waals surface area contributed by atoms with Crippen LogP contribution >= 0.6 is 23.2 Å². The number of hydrogen-bond acceptors (Lipinski definition) is 11. The first-order valence-corrected chi connectivity index (χ1v) is 20.4. The maximum atomic E-state index is 14.4. The molecule has 0 aliphatic rings. The molecule has 0 saturated carbocycles. The van der Waals surface area contributed by atoms with Crippen LogP contribution in [0.3, 0.4) is 0 Å². The number of phenols is 1. The van der Waals surface area contributed by atoms with Gasteiger partial charge in [0.1, 0.15) is 23.4 Å². The average Bonchev–Trinajstić information content (AvgIpc) is 3.23. The number of hydrogen-bond donors (Lipinski definition) is 6. The highest BCUT2D eigenvalue weighted by Crippen LogP contribution is 2.25. The molecule has 4 atom stereocenters. The molecule has 4 aromatic carbocycles. The lowest BCUT2D eigenvalue weighted by Crippen LogP contribution is -2.57. The van der Waals surface area contributed by atoms with Gasteiger partial charge in [-0.05, 0) is 68.1 Å². The fraction of sp³-hybridized carbons (Fsp3) is 0.333. The second-order valence-electron chi connectivity index (χ2n) is 15.2. The first-order chi connectivity index (χ1) is 29.5. The van der Waals surface area contributed by atoms with E-state index in [9.17, 15) is 33.9 Å². The molecule has 17 heteroatoms. The number of nitrogens with one attached hydrogen (secondary N) is 4. The minimum atomic E-state index is -1.81. The van der Waals surface area contributed by atoms with E-state index in [2.05, 4.69) is 21.3 Å². The minimum Gasteiger partial charge on any atom is -0.508 e. The average molecular weight is 893 g/mol. The van der Waals surface area contributed by atoms with Crippen molar-refractivity contribution in [1.29, 1.82) is 0 Å². The molecule has 0 saturated heterocycles. The fourth-order valence-corrected chi connectivity index (χ4v) is 6.30. The fourth-order valence-electron chi connectivity index (χ4n) is 5.80. The van der Waals surface area contributed by atoms with Crippen LogP contribution in [0.25, 0.3) is 0 Å². The van der Waals surface area contributed by atoms with Crippen molar-refractivity contribution < 1.29 is 48.1 Å². The molecule has 15 nitrogen and oxygen atoms in total. The van der Waals surface area contributed by atoms with Gasteiger partial charge in [0.05, 0.1) is 39.0 Å².